The van der Waals surface area contributed by atoms with Crippen LogP contribution in [0.2, 0.25) is 0 Å². The molecule has 0 atom stereocenters. The minimum Gasteiger partial charge on any atom is -0.368 e. The quantitative estimate of drug-likeness (QED) is 0.487. The van der Waals surface area contributed by atoms with E-state index in [-0.39, 0.29) is 12.6 Å². The van der Waals surface area contributed by atoms with Crippen LogP contribution in [0.15, 0.2) is 0 Å². The molecule has 0 unspecified atom stereocenters. The van der Waals surface area contributed by atoms with Gasteiger partial charge in [0.05, 0.1) is 6.54 Å². The maximum Gasteiger partial charge on any atom is 0.315 e. The third-order valence-corrected chi connectivity index (χ3v) is 1.34. The molecule has 1 fully saturated rings. The number of hydrogen-bond acceptors (Lipinski definition) is 2. The molecule has 0 radical (unpaired) electrons. The van der Waals surface area contributed by atoms with Crippen LogP contribution in [0.4, 0.5) is 4.79 Å². The molecule has 1 saturated carbocycles. The fourth-order valence-corrected chi connectivity index (χ4v) is 0.631. The van der Waals surface area contributed by atoms with Crippen LogP contribution in [0.5, 0.6) is 0 Å². The molecule has 0 aromatic carbocycles. The normalized spacial score (nSPS) is 15.6. The monoisotopic (exact) mass is 157 g/mol. The van der Waals surface area contributed by atoms with Crippen molar-refractivity contribution in [2.45, 2.75) is 18.9 Å². The number of hydrogen-bond donors (Lipinski definition) is 3. The average molecular weight is 157 g/mol. The van der Waals surface area contributed by atoms with Gasteiger partial charge in [-0.3, -0.25) is 4.79 Å². The van der Waals surface area contributed by atoms with Crippen molar-refractivity contribution in [1.29, 1.82) is 0 Å². The molecule has 0 aliphatic heterocycles. The van der Waals surface area contributed by atoms with E-state index in [1.54, 1.807) is 0 Å². The molecular formula is C6H11N3O2. The Morgan fingerprint density at radius 3 is 2.55 bits per heavy atom. The number of nitrogens with two attached hydrogens (primary N) is 1. The first-order valence-electron chi connectivity index (χ1n) is 3.51. The van der Waals surface area contributed by atoms with Crippen molar-refractivity contribution in [2.24, 2.45) is 5.73 Å². The highest BCUT2D eigenvalue weighted by molar-refractivity contribution is 5.82. The van der Waals surface area contributed by atoms with E-state index in [9.17, 15) is 9.59 Å². The van der Waals surface area contributed by atoms with E-state index in [2.05, 4.69) is 10.6 Å². The van der Waals surface area contributed by atoms with Gasteiger partial charge in [0, 0.05) is 6.04 Å². The van der Waals surface area contributed by atoms with Gasteiger partial charge < -0.3 is 16.4 Å². The summed E-state index contributed by atoms with van der Waals surface area (Å²) in [7, 11) is 0. The Hall–Kier alpha value is -1.26. The second kappa shape index (κ2) is 3.23. The number of carbonyl (C=O) groups excluding carboxylic acids is 2. The van der Waals surface area contributed by atoms with Crippen molar-refractivity contribution >= 4 is 11.9 Å². The molecule has 0 bridgehead atoms. The largest absolute Gasteiger partial charge is 0.368 e. The summed E-state index contributed by atoms with van der Waals surface area (Å²) in [6, 6.07) is -0.00539. The Morgan fingerprint density at radius 2 is 2.09 bits per heavy atom. The number of rotatable bonds is 3. The summed E-state index contributed by atoms with van der Waals surface area (Å²) in [6.45, 7) is -0.0987. The van der Waals surface area contributed by atoms with Crippen molar-refractivity contribution in [3.05, 3.63) is 0 Å². The Morgan fingerprint density at radius 1 is 1.45 bits per heavy atom. The minimum atomic E-state index is -0.532. The summed E-state index contributed by atoms with van der Waals surface area (Å²) in [6.07, 6.45) is 2.06. The van der Waals surface area contributed by atoms with Crippen LogP contribution in [0.3, 0.4) is 0 Å². The maximum atomic E-state index is 10.8. The first-order valence-corrected chi connectivity index (χ1v) is 3.51. The number of urea groups is 1. The smallest absolute Gasteiger partial charge is 0.315 e. The maximum absolute atomic E-state index is 10.8. The van der Waals surface area contributed by atoms with Crippen LogP contribution >= 0.6 is 0 Å². The van der Waals surface area contributed by atoms with Crippen LogP contribution in [-0.4, -0.2) is 24.5 Å². The van der Waals surface area contributed by atoms with Gasteiger partial charge in [-0.1, -0.05) is 0 Å². The molecule has 0 aromatic heterocycles. The molecule has 0 spiro atoms. The van der Waals surface area contributed by atoms with E-state index in [1.807, 2.05) is 0 Å². The Bertz CT molecular complexity index is 177. The van der Waals surface area contributed by atoms with Crippen LogP contribution < -0.4 is 16.4 Å². The fraction of sp³-hybridized carbons (Fsp3) is 0.667. The Labute approximate surface area is 64.3 Å². The standard InChI is InChI=1S/C6H11N3O2/c7-5(10)3-8-6(11)9-4-1-2-4/h4H,1-3H2,(H2,7,10)(H2,8,9,11). The Balaban J connectivity index is 2.04. The van der Waals surface area contributed by atoms with Gasteiger partial charge in [0.2, 0.25) is 5.91 Å². The second-order valence-electron chi connectivity index (χ2n) is 2.57. The van der Waals surface area contributed by atoms with Gasteiger partial charge in [0.15, 0.2) is 0 Å². The van der Waals surface area contributed by atoms with Crippen molar-refractivity contribution < 1.29 is 9.59 Å². The molecule has 1 aliphatic carbocycles. The van der Waals surface area contributed by atoms with E-state index in [0.717, 1.165) is 12.8 Å². The van der Waals surface area contributed by atoms with Crippen molar-refractivity contribution in [1.82, 2.24) is 10.6 Å². The van der Waals surface area contributed by atoms with Crippen LogP contribution in [0.25, 0.3) is 0 Å². The summed E-state index contributed by atoms with van der Waals surface area (Å²) in [5.41, 5.74) is 4.81. The summed E-state index contributed by atoms with van der Waals surface area (Å²) >= 11 is 0. The molecule has 1 rings (SSSR count). The Kier molecular flexibility index (Phi) is 2.30. The topological polar surface area (TPSA) is 84.2 Å². The van der Waals surface area contributed by atoms with Gasteiger partial charge in [-0.15, -0.1) is 0 Å². The van der Waals surface area contributed by atoms with Crippen LogP contribution in [0.1, 0.15) is 12.8 Å². The van der Waals surface area contributed by atoms with Crippen LogP contribution in [0, 0.1) is 0 Å². The van der Waals surface area contributed by atoms with Gasteiger partial charge in [-0.25, -0.2) is 4.79 Å². The third kappa shape index (κ3) is 3.44. The summed E-state index contributed by atoms with van der Waals surface area (Å²) in [5.74, 6) is -0.532. The lowest BCUT2D eigenvalue weighted by atomic mass is 10.6. The average Bonchev–Trinajstić information content (AvgIpc) is 2.67. The lowest BCUT2D eigenvalue weighted by Crippen LogP contribution is -2.41. The molecule has 62 valence electrons. The molecule has 3 amide bonds. The molecule has 5 heteroatoms. The first kappa shape index (κ1) is 7.84. The zero-order valence-corrected chi connectivity index (χ0v) is 6.09. The number of nitrogens with one attached hydrogen (secondary N) is 2. The number of carbonyl (C=O) groups is 2. The highest BCUT2D eigenvalue weighted by atomic mass is 16.2. The lowest BCUT2D eigenvalue weighted by molar-refractivity contribution is -0.117. The molecule has 0 saturated heterocycles. The van der Waals surface area contributed by atoms with Gasteiger partial charge in [-0.05, 0) is 12.8 Å². The van der Waals surface area contributed by atoms with Gasteiger partial charge in [0.25, 0.3) is 0 Å². The molecule has 4 N–H and O–H groups in total. The molecular weight excluding hydrogens is 146 g/mol. The third-order valence-electron chi connectivity index (χ3n) is 1.34. The molecule has 11 heavy (non-hydrogen) atoms. The highest BCUT2D eigenvalue weighted by Crippen LogP contribution is 2.17. The van der Waals surface area contributed by atoms with Gasteiger partial charge >= 0.3 is 6.03 Å². The van der Waals surface area contributed by atoms with E-state index >= 15 is 0 Å². The molecule has 0 aromatic rings. The predicted octanol–water partition coefficient (Wildman–Crippen LogP) is -1.07. The van der Waals surface area contributed by atoms with E-state index in [0.29, 0.717) is 6.04 Å². The number of amides is 3. The molecule has 1 aliphatic rings. The van der Waals surface area contributed by atoms with Crippen molar-refractivity contribution in [3.8, 4) is 0 Å². The lowest BCUT2D eigenvalue weighted by Gasteiger charge is -2.02. The van der Waals surface area contributed by atoms with E-state index in [4.69, 9.17) is 5.73 Å². The predicted molar refractivity (Wildman–Crippen MR) is 38.8 cm³/mol. The summed E-state index contributed by atoms with van der Waals surface area (Å²) in [5, 5.41) is 4.98. The second-order valence-corrected chi connectivity index (χ2v) is 2.57. The summed E-state index contributed by atoms with van der Waals surface area (Å²) < 4.78 is 0. The van der Waals surface area contributed by atoms with Gasteiger partial charge in [-0.2, -0.15) is 0 Å². The number of primary amides is 1. The molecule has 0 heterocycles. The minimum absolute atomic E-state index is 0.0987. The zero-order valence-electron chi connectivity index (χ0n) is 6.09. The van der Waals surface area contributed by atoms with E-state index < -0.39 is 5.91 Å². The highest BCUT2D eigenvalue weighted by Gasteiger charge is 2.22. The van der Waals surface area contributed by atoms with Crippen molar-refractivity contribution in [2.75, 3.05) is 6.54 Å². The van der Waals surface area contributed by atoms with E-state index in [1.165, 1.54) is 0 Å². The first-order chi connectivity index (χ1) is 5.18. The van der Waals surface area contributed by atoms with Crippen LogP contribution in [-0.2, 0) is 4.79 Å². The van der Waals surface area contributed by atoms with Gasteiger partial charge in [0.1, 0.15) is 0 Å². The molecule has 5 nitrogen and oxygen atoms in total. The summed E-state index contributed by atoms with van der Waals surface area (Å²) in [4.78, 5) is 21.0. The van der Waals surface area contributed by atoms with Crippen molar-refractivity contribution in [3.63, 3.8) is 0 Å². The fourth-order valence-electron chi connectivity index (χ4n) is 0.631. The SMILES string of the molecule is NC(=O)CNC(=O)NC1CC1. The zero-order chi connectivity index (χ0) is 8.27.